The Hall–Kier alpha value is -1.59. The van der Waals surface area contributed by atoms with Crippen molar-refractivity contribution >= 4 is 6.03 Å². The third-order valence-corrected chi connectivity index (χ3v) is 3.07. The van der Waals surface area contributed by atoms with Crippen LogP contribution < -0.4 is 10.6 Å². The molecular weight excluding hydrogens is 254 g/mol. The topological polar surface area (TPSA) is 53.6 Å². The second-order valence-corrected chi connectivity index (χ2v) is 4.87. The maximum absolute atomic E-state index is 11.7. The number of hydrogen-bond acceptors (Lipinski definition) is 3. The lowest BCUT2D eigenvalue weighted by Crippen LogP contribution is -2.41. The Bertz CT molecular complexity index is 382. The van der Waals surface area contributed by atoms with Crippen LogP contribution in [0.15, 0.2) is 30.3 Å². The van der Waals surface area contributed by atoms with Crippen LogP contribution >= 0.6 is 0 Å². The van der Waals surface area contributed by atoms with Gasteiger partial charge in [0.05, 0.1) is 6.04 Å². The SMILES string of the molecule is COCCCNC(=O)NCC(c1ccccc1)N(C)C. The molecule has 0 radical (unpaired) electrons. The third-order valence-electron chi connectivity index (χ3n) is 3.07. The number of carbonyl (C=O) groups is 1. The minimum atomic E-state index is -0.135. The molecule has 0 aliphatic rings. The van der Waals surface area contributed by atoms with Crippen molar-refractivity contribution in [2.24, 2.45) is 0 Å². The largest absolute Gasteiger partial charge is 0.385 e. The molecule has 1 rings (SSSR count). The zero-order chi connectivity index (χ0) is 14.8. The molecular formula is C15H25N3O2. The van der Waals surface area contributed by atoms with E-state index in [1.54, 1.807) is 7.11 Å². The second kappa shape index (κ2) is 9.34. The molecule has 20 heavy (non-hydrogen) atoms. The number of hydrogen-bond donors (Lipinski definition) is 2. The molecule has 2 N–H and O–H groups in total. The molecule has 2 amide bonds. The van der Waals surface area contributed by atoms with Gasteiger partial charge in [-0.15, -0.1) is 0 Å². The van der Waals surface area contributed by atoms with Crippen LogP contribution in [0.3, 0.4) is 0 Å². The van der Waals surface area contributed by atoms with Crippen LogP contribution in [-0.4, -0.2) is 51.8 Å². The Morgan fingerprint density at radius 3 is 2.55 bits per heavy atom. The minimum Gasteiger partial charge on any atom is -0.385 e. The van der Waals surface area contributed by atoms with Crippen LogP contribution in [0.2, 0.25) is 0 Å². The van der Waals surface area contributed by atoms with Crippen LogP contribution in [0.1, 0.15) is 18.0 Å². The summed E-state index contributed by atoms with van der Waals surface area (Å²) in [7, 11) is 5.67. The summed E-state index contributed by atoms with van der Waals surface area (Å²) in [5.41, 5.74) is 1.19. The van der Waals surface area contributed by atoms with Gasteiger partial charge < -0.3 is 20.3 Å². The predicted molar refractivity (Wildman–Crippen MR) is 80.8 cm³/mol. The average Bonchev–Trinajstić information content (AvgIpc) is 2.44. The molecule has 0 saturated heterocycles. The molecule has 1 aromatic carbocycles. The highest BCUT2D eigenvalue weighted by atomic mass is 16.5. The van der Waals surface area contributed by atoms with E-state index in [4.69, 9.17) is 4.74 Å². The van der Waals surface area contributed by atoms with Gasteiger partial charge in [0, 0.05) is 26.8 Å². The molecule has 0 aromatic heterocycles. The van der Waals surface area contributed by atoms with Gasteiger partial charge in [0.15, 0.2) is 0 Å². The number of benzene rings is 1. The minimum absolute atomic E-state index is 0.135. The van der Waals surface area contributed by atoms with Gasteiger partial charge in [-0.2, -0.15) is 0 Å². The number of rotatable bonds is 8. The normalized spacial score (nSPS) is 12.2. The van der Waals surface area contributed by atoms with E-state index in [0.717, 1.165) is 6.42 Å². The van der Waals surface area contributed by atoms with Gasteiger partial charge in [-0.25, -0.2) is 4.79 Å². The standard InChI is InChI=1S/C15H25N3O2/c1-18(2)14(13-8-5-4-6-9-13)12-17-15(19)16-10-7-11-20-3/h4-6,8-9,14H,7,10-12H2,1-3H3,(H2,16,17,19). The summed E-state index contributed by atoms with van der Waals surface area (Å²) in [4.78, 5) is 13.8. The van der Waals surface area contributed by atoms with Crippen molar-refractivity contribution in [3.63, 3.8) is 0 Å². The number of likely N-dealkylation sites (N-methyl/N-ethyl adjacent to an activating group) is 1. The van der Waals surface area contributed by atoms with Gasteiger partial charge in [0.1, 0.15) is 0 Å². The lowest BCUT2D eigenvalue weighted by atomic mass is 10.1. The van der Waals surface area contributed by atoms with Crippen LogP contribution in [0.4, 0.5) is 4.79 Å². The fourth-order valence-electron chi connectivity index (χ4n) is 1.94. The van der Waals surface area contributed by atoms with Crippen molar-refractivity contribution in [2.45, 2.75) is 12.5 Å². The zero-order valence-corrected chi connectivity index (χ0v) is 12.6. The number of nitrogens with one attached hydrogen (secondary N) is 2. The molecule has 1 aromatic rings. The summed E-state index contributed by atoms with van der Waals surface area (Å²) in [5.74, 6) is 0. The van der Waals surface area contributed by atoms with E-state index in [1.165, 1.54) is 5.56 Å². The van der Waals surface area contributed by atoms with Crippen LogP contribution in [0.25, 0.3) is 0 Å². The lowest BCUT2D eigenvalue weighted by molar-refractivity contribution is 0.193. The van der Waals surface area contributed by atoms with E-state index in [1.807, 2.05) is 32.3 Å². The maximum atomic E-state index is 11.7. The number of nitrogens with zero attached hydrogens (tertiary/aromatic N) is 1. The summed E-state index contributed by atoms with van der Waals surface area (Å²) in [5, 5.41) is 5.72. The van der Waals surface area contributed by atoms with E-state index < -0.39 is 0 Å². The fraction of sp³-hybridized carbons (Fsp3) is 0.533. The van der Waals surface area contributed by atoms with Gasteiger partial charge in [-0.1, -0.05) is 30.3 Å². The Balaban J connectivity index is 2.38. The highest BCUT2D eigenvalue weighted by molar-refractivity contribution is 5.73. The average molecular weight is 279 g/mol. The third kappa shape index (κ3) is 6.04. The molecule has 0 aliphatic heterocycles. The molecule has 0 bridgehead atoms. The molecule has 0 saturated carbocycles. The molecule has 0 aliphatic carbocycles. The molecule has 112 valence electrons. The summed E-state index contributed by atoms with van der Waals surface area (Å²) in [6, 6.07) is 10.2. The van der Waals surface area contributed by atoms with E-state index in [2.05, 4.69) is 27.7 Å². The first-order valence-electron chi connectivity index (χ1n) is 6.87. The van der Waals surface area contributed by atoms with Crippen molar-refractivity contribution in [2.75, 3.05) is 40.9 Å². The molecule has 0 spiro atoms. The van der Waals surface area contributed by atoms with Crippen molar-refractivity contribution in [1.29, 1.82) is 0 Å². The first-order chi connectivity index (χ1) is 9.65. The van der Waals surface area contributed by atoms with Crippen LogP contribution in [-0.2, 0) is 4.74 Å². The van der Waals surface area contributed by atoms with Crippen molar-refractivity contribution in [1.82, 2.24) is 15.5 Å². The first-order valence-corrected chi connectivity index (χ1v) is 6.87. The fourth-order valence-corrected chi connectivity index (χ4v) is 1.94. The van der Waals surface area contributed by atoms with Crippen LogP contribution in [0.5, 0.6) is 0 Å². The highest BCUT2D eigenvalue weighted by Crippen LogP contribution is 2.16. The number of carbonyl (C=O) groups excluding carboxylic acids is 1. The molecule has 0 heterocycles. The summed E-state index contributed by atoms with van der Waals surface area (Å²) in [6.45, 7) is 1.86. The Morgan fingerprint density at radius 2 is 1.95 bits per heavy atom. The Morgan fingerprint density at radius 1 is 1.25 bits per heavy atom. The van der Waals surface area contributed by atoms with Gasteiger partial charge >= 0.3 is 6.03 Å². The maximum Gasteiger partial charge on any atom is 0.314 e. The molecule has 5 nitrogen and oxygen atoms in total. The van der Waals surface area contributed by atoms with Gasteiger partial charge in [0.25, 0.3) is 0 Å². The predicted octanol–water partition coefficient (Wildman–Crippen LogP) is 1.62. The van der Waals surface area contributed by atoms with E-state index >= 15 is 0 Å². The Kier molecular flexibility index (Phi) is 7.69. The van der Waals surface area contributed by atoms with Crippen molar-refractivity contribution < 1.29 is 9.53 Å². The van der Waals surface area contributed by atoms with E-state index in [9.17, 15) is 4.79 Å². The van der Waals surface area contributed by atoms with Crippen molar-refractivity contribution in [3.05, 3.63) is 35.9 Å². The smallest absolute Gasteiger partial charge is 0.314 e. The number of ether oxygens (including phenoxy) is 1. The summed E-state index contributed by atoms with van der Waals surface area (Å²) >= 11 is 0. The Labute approximate surface area is 121 Å². The van der Waals surface area contributed by atoms with Gasteiger partial charge in [-0.3, -0.25) is 0 Å². The summed E-state index contributed by atoms with van der Waals surface area (Å²) < 4.78 is 4.93. The van der Waals surface area contributed by atoms with Crippen LogP contribution in [0, 0.1) is 0 Å². The molecule has 1 atom stereocenters. The lowest BCUT2D eigenvalue weighted by Gasteiger charge is -2.25. The summed E-state index contributed by atoms with van der Waals surface area (Å²) in [6.07, 6.45) is 0.819. The zero-order valence-electron chi connectivity index (χ0n) is 12.6. The first kappa shape index (κ1) is 16.5. The molecule has 5 heteroatoms. The van der Waals surface area contributed by atoms with E-state index in [0.29, 0.717) is 19.7 Å². The second-order valence-electron chi connectivity index (χ2n) is 4.87. The van der Waals surface area contributed by atoms with Gasteiger partial charge in [0.2, 0.25) is 0 Å². The number of urea groups is 1. The number of methoxy groups -OCH3 is 1. The van der Waals surface area contributed by atoms with Crippen molar-refractivity contribution in [3.8, 4) is 0 Å². The molecule has 0 fully saturated rings. The molecule has 1 unspecified atom stereocenters. The van der Waals surface area contributed by atoms with E-state index in [-0.39, 0.29) is 12.1 Å². The monoisotopic (exact) mass is 279 g/mol. The van der Waals surface area contributed by atoms with Gasteiger partial charge in [-0.05, 0) is 26.1 Å². The number of amides is 2. The highest BCUT2D eigenvalue weighted by Gasteiger charge is 2.14. The quantitative estimate of drug-likeness (QED) is 0.711.